The van der Waals surface area contributed by atoms with Gasteiger partial charge in [0, 0.05) is 13.1 Å². The van der Waals surface area contributed by atoms with Gasteiger partial charge in [0.1, 0.15) is 11.9 Å². The number of ether oxygens (including phenoxy) is 1. The van der Waals surface area contributed by atoms with Gasteiger partial charge in [-0.25, -0.2) is 4.39 Å². The Labute approximate surface area is 87.9 Å². The fraction of sp³-hybridized carbons (Fsp3) is 0.455. The number of hydrogen-bond acceptors (Lipinski definition) is 3. The van der Waals surface area contributed by atoms with Gasteiger partial charge in [-0.05, 0) is 17.7 Å². The molecule has 1 aromatic carbocycles. The van der Waals surface area contributed by atoms with Crippen molar-refractivity contribution in [3.63, 3.8) is 0 Å². The van der Waals surface area contributed by atoms with Crippen molar-refractivity contribution in [2.45, 2.75) is 12.2 Å². The van der Waals surface area contributed by atoms with Gasteiger partial charge in [-0.1, -0.05) is 12.1 Å². The van der Waals surface area contributed by atoms with Crippen LogP contribution >= 0.6 is 0 Å². The van der Waals surface area contributed by atoms with E-state index in [-0.39, 0.29) is 11.9 Å². The maximum Gasteiger partial charge on any atom is 0.123 e. The highest BCUT2D eigenvalue weighted by Gasteiger charge is 2.23. The van der Waals surface area contributed by atoms with Gasteiger partial charge in [0.25, 0.3) is 0 Å². The number of benzene rings is 1. The molecule has 1 heterocycles. The average Bonchev–Trinajstić information content (AvgIpc) is 2.30. The predicted molar refractivity (Wildman–Crippen MR) is 54.0 cm³/mol. The fourth-order valence-corrected chi connectivity index (χ4v) is 1.66. The number of aliphatic hydroxyl groups excluding tert-OH is 1. The number of halogens is 1. The lowest BCUT2D eigenvalue weighted by molar-refractivity contribution is -0.0536. The SMILES string of the molecule is OC(c1ccc(F)cc1)C1CNCCO1. The van der Waals surface area contributed by atoms with Crippen LogP contribution in [0.5, 0.6) is 0 Å². The van der Waals surface area contributed by atoms with E-state index < -0.39 is 6.10 Å². The molecule has 0 radical (unpaired) electrons. The van der Waals surface area contributed by atoms with Crippen molar-refractivity contribution in [3.05, 3.63) is 35.6 Å². The Hall–Kier alpha value is -0.970. The molecule has 3 nitrogen and oxygen atoms in total. The molecular weight excluding hydrogens is 197 g/mol. The second-order valence-corrected chi connectivity index (χ2v) is 3.61. The van der Waals surface area contributed by atoms with Gasteiger partial charge in [0.15, 0.2) is 0 Å². The van der Waals surface area contributed by atoms with Crippen LogP contribution in [0.25, 0.3) is 0 Å². The summed E-state index contributed by atoms with van der Waals surface area (Å²) in [4.78, 5) is 0. The molecule has 1 aliphatic rings. The van der Waals surface area contributed by atoms with Gasteiger partial charge in [0.05, 0.1) is 12.7 Å². The Bertz CT molecular complexity index is 309. The number of nitrogens with one attached hydrogen (secondary N) is 1. The minimum absolute atomic E-state index is 0.246. The topological polar surface area (TPSA) is 41.5 Å². The highest BCUT2D eigenvalue weighted by Crippen LogP contribution is 2.20. The summed E-state index contributed by atoms with van der Waals surface area (Å²) in [5.74, 6) is -0.298. The first kappa shape index (κ1) is 10.5. The summed E-state index contributed by atoms with van der Waals surface area (Å²) in [5.41, 5.74) is 0.685. The van der Waals surface area contributed by atoms with E-state index in [0.717, 1.165) is 6.54 Å². The summed E-state index contributed by atoms with van der Waals surface area (Å²) < 4.78 is 18.1. The van der Waals surface area contributed by atoms with Crippen molar-refractivity contribution in [3.8, 4) is 0 Å². The lowest BCUT2D eigenvalue weighted by atomic mass is 10.0. The Morgan fingerprint density at radius 1 is 1.40 bits per heavy atom. The third-order valence-electron chi connectivity index (χ3n) is 2.52. The van der Waals surface area contributed by atoms with Crippen LogP contribution in [0.15, 0.2) is 24.3 Å². The summed E-state index contributed by atoms with van der Waals surface area (Å²) >= 11 is 0. The zero-order valence-electron chi connectivity index (χ0n) is 8.32. The van der Waals surface area contributed by atoms with E-state index in [0.29, 0.717) is 18.7 Å². The van der Waals surface area contributed by atoms with Crippen molar-refractivity contribution in [2.75, 3.05) is 19.7 Å². The number of aliphatic hydroxyl groups is 1. The molecule has 0 amide bonds. The van der Waals surface area contributed by atoms with Crippen molar-refractivity contribution in [1.82, 2.24) is 5.32 Å². The zero-order valence-corrected chi connectivity index (χ0v) is 8.32. The Morgan fingerprint density at radius 2 is 2.13 bits per heavy atom. The first-order valence-electron chi connectivity index (χ1n) is 5.03. The van der Waals surface area contributed by atoms with Crippen LogP contribution in [-0.2, 0) is 4.74 Å². The molecule has 15 heavy (non-hydrogen) atoms. The highest BCUT2D eigenvalue weighted by atomic mass is 19.1. The molecule has 0 saturated carbocycles. The summed E-state index contributed by atoms with van der Waals surface area (Å²) in [6.07, 6.45) is -0.942. The minimum Gasteiger partial charge on any atom is -0.386 e. The monoisotopic (exact) mass is 211 g/mol. The molecule has 0 aromatic heterocycles. The second kappa shape index (κ2) is 4.70. The van der Waals surface area contributed by atoms with Crippen molar-refractivity contribution >= 4 is 0 Å². The average molecular weight is 211 g/mol. The number of morpholine rings is 1. The summed E-state index contributed by atoms with van der Waals surface area (Å²) in [6.45, 7) is 2.04. The van der Waals surface area contributed by atoms with Crippen molar-refractivity contribution in [2.24, 2.45) is 0 Å². The van der Waals surface area contributed by atoms with E-state index in [1.165, 1.54) is 12.1 Å². The van der Waals surface area contributed by atoms with Crippen LogP contribution in [0.4, 0.5) is 4.39 Å². The predicted octanol–water partition coefficient (Wildman–Crippen LogP) is 0.847. The smallest absolute Gasteiger partial charge is 0.123 e. The first-order chi connectivity index (χ1) is 7.27. The molecule has 4 heteroatoms. The van der Waals surface area contributed by atoms with E-state index in [4.69, 9.17) is 4.74 Å². The molecule has 2 atom stereocenters. The Balaban J connectivity index is 2.05. The quantitative estimate of drug-likeness (QED) is 0.762. The van der Waals surface area contributed by atoms with E-state index in [2.05, 4.69) is 5.32 Å². The standard InChI is InChI=1S/C11H14FNO2/c12-9-3-1-8(2-4-9)11(14)10-7-13-5-6-15-10/h1-4,10-11,13-14H,5-7H2. The lowest BCUT2D eigenvalue weighted by Crippen LogP contribution is -2.41. The molecular formula is C11H14FNO2. The van der Waals surface area contributed by atoms with Gasteiger partial charge in [-0.15, -0.1) is 0 Å². The van der Waals surface area contributed by atoms with E-state index in [9.17, 15) is 9.50 Å². The molecule has 1 fully saturated rings. The van der Waals surface area contributed by atoms with Crippen molar-refractivity contribution in [1.29, 1.82) is 0 Å². The molecule has 82 valence electrons. The molecule has 0 bridgehead atoms. The van der Waals surface area contributed by atoms with Gasteiger partial charge in [0.2, 0.25) is 0 Å². The van der Waals surface area contributed by atoms with Crippen LogP contribution in [-0.4, -0.2) is 30.9 Å². The molecule has 0 spiro atoms. The van der Waals surface area contributed by atoms with Crippen molar-refractivity contribution < 1.29 is 14.2 Å². The molecule has 2 rings (SSSR count). The Kier molecular flexibility index (Phi) is 3.30. The zero-order chi connectivity index (χ0) is 10.7. The fourth-order valence-electron chi connectivity index (χ4n) is 1.66. The Morgan fingerprint density at radius 3 is 2.73 bits per heavy atom. The van der Waals surface area contributed by atoms with Crippen LogP contribution in [0.1, 0.15) is 11.7 Å². The maximum absolute atomic E-state index is 12.7. The number of hydrogen-bond donors (Lipinski definition) is 2. The molecule has 2 N–H and O–H groups in total. The maximum atomic E-state index is 12.7. The van der Waals surface area contributed by atoms with Gasteiger partial charge in [-0.3, -0.25) is 0 Å². The summed E-state index contributed by atoms with van der Waals surface area (Å²) in [6, 6.07) is 5.85. The third-order valence-corrected chi connectivity index (χ3v) is 2.52. The van der Waals surface area contributed by atoms with Gasteiger partial charge < -0.3 is 15.2 Å². The van der Waals surface area contributed by atoms with E-state index in [1.54, 1.807) is 12.1 Å². The van der Waals surface area contributed by atoms with Crippen LogP contribution in [0.2, 0.25) is 0 Å². The van der Waals surface area contributed by atoms with E-state index in [1.807, 2.05) is 0 Å². The molecule has 0 aliphatic carbocycles. The number of rotatable bonds is 2. The summed E-state index contributed by atoms with van der Waals surface area (Å²) in [5, 5.41) is 13.1. The molecule has 1 aliphatic heterocycles. The summed E-state index contributed by atoms with van der Waals surface area (Å²) in [7, 11) is 0. The molecule has 1 aromatic rings. The van der Waals surface area contributed by atoms with Crippen LogP contribution in [0.3, 0.4) is 0 Å². The van der Waals surface area contributed by atoms with E-state index >= 15 is 0 Å². The minimum atomic E-state index is -0.696. The highest BCUT2D eigenvalue weighted by molar-refractivity contribution is 5.19. The lowest BCUT2D eigenvalue weighted by Gasteiger charge is -2.27. The normalized spacial score (nSPS) is 23.7. The molecule has 1 saturated heterocycles. The first-order valence-corrected chi connectivity index (χ1v) is 5.03. The van der Waals surface area contributed by atoms with Crippen LogP contribution in [0, 0.1) is 5.82 Å². The van der Waals surface area contributed by atoms with Crippen LogP contribution < -0.4 is 5.32 Å². The third kappa shape index (κ3) is 2.53. The molecule has 2 unspecified atom stereocenters. The largest absolute Gasteiger partial charge is 0.386 e. The van der Waals surface area contributed by atoms with Gasteiger partial charge in [-0.2, -0.15) is 0 Å². The van der Waals surface area contributed by atoms with Gasteiger partial charge >= 0.3 is 0 Å². The second-order valence-electron chi connectivity index (χ2n) is 3.61.